The van der Waals surface area contributed by atoms with E-state index in [1.807, 2.05) is 67.6 Å². The largest absolute Gasteiger partial charge is 0.497 e. The molecule has 0 aliphatic heterocycles. The lowest BCUT2D eigenvalue weighted by Gasteiger charge is -2.35. The molecule has 0 aromatic heterocycles. The Labute approximate surface area is 278 Å². The number of aryl methyl sites for hydroxylation is 1. The van der Waals surface area contributed by atoms with Crippen LogP contribution in [0.5, 0.6) is 5.75 Å². The van der Waals surface area contributed by atoms with E-state index in [2.05, 4.69) is 5.32 Å². The third kappa shape index (κ3) is 8.80. The van der Waals surface area contributed by atoms with Crippen molar-refractivity contribution in [2.24, 2.45) is 0 Å². The number of benzene rings is 4. The second-order valence-electron chi connectivity index (χ2n) is 12.1. The fourth-order valence-electron chi connectivity index (χ4n) is 5.99. The predicted octanol–water partition coefficient (Wildman–Crippen LogP) is 6.29. The maximum Gasteiger partial charge on any atom is 0.264 e. The molecule has 9 heteroatoms. The number of sulfonamides is 1. The Morgan fingerprint density at radius 2 is 1.40 bits per heavy atom. The fourth-order valence-corrected chi connectivity index (χ4v) is 7.41. The molecule has 0 heterocycles. The summed E-state index contributed by atoms with van der Waals surface area (Å²) >= 11 is 0. The summed E-state index contributed by atoms with van der Waals surface area (Å²) in [4.78, 5) is 30.4. The van der Waals surface area contributed by atoms with E-state index >= 15 is 0 Å². The Balaban J connectivity index is 1.55. The standard InChI is InChI=1S/C38H43N3O5S/c1-29-18-24-35(25-19-29)47(44,45)41(33-20-22-34(46-2)23-21-33)28-37(42)40(27-31-14-8-4-9-15-31)36(26-30-12-6-3-7-13-30)38(43)39-32-16-10-5-11-17-32/h3-4,6-9,12-15,18-25,32,36H,5,10-11,16-17,26-28H2,1-2H3,(H,39,43)/t36-/m1/s1. The molecule has 0 radical (unpaired) electrons. The summed E-state index contributed by atoms with van der Waals surface area (Å²) in [6, 6.07) is 31.4. The Bertz CT molecular complexity index is 1710. The number of carbonyl (C=O) groups is 2. The second kappa shape index (κ2) is 15.8. The van der Waals surface area contributed by atoms with Crippen molar-refractivity contribution in [3.05, 3.63) is 126 Å². The van der Waals surface area contributed by atoms with Gasteiger partial charge in [0.25, 0.3) is 10.0 Å². The summed E-state index contributed by atoms with van der Waals surface area (Å²) in [5, 5.41) is 3.24. The minimum Gasteiger partial charge on any atom is -0.497 e. The number of hydrogen-bond acceptors (Lipinski definition) is 5. The number of rotatable bonds is 13. The molecule has 2 amide bonds. The van der Waals surface area contributed by atoms with Gasteiger partial charge in [-0.05, 0) is 67.3 Å². The monoisotopic (exact) mass is 653 g/mol. The van der Waals surface area contributed by atoms with Crippen LogP contribution in [0.3, 0.4) is 0 Å². The van der Waals surface area contributed by atoms with Gasteiger partial charge in [0.15, 0.2) is 0 Å². The van der Waals surface area contributed by atoms with E-state index in [1.165, 1.54) is 7.11 Å². The zero-order valence-electron chi connectivity index (χ0n) is 27.0. The highest BCUT2D eigenvalue weighted by molar-refractivity contribution is 7.92. The van der Waals surface area contributed by atoms with E-state index < -0.39 is 28.5 Å². The Hall–Kier alpha value is -4.63. The minimum absolute atomic E-state index is 0.0425. The lowest BCUT2D eigenvalue weighted by atomic mass is 9.94. The molecule has 4 aromatic rings. The Morgan fingerprint density at radius 1 is 0.809 bits per heavy atom. The van der Waals surface area contributed by atoms with E-state index in [1.54, 1.807) is 53.4 Å². The number of methoxy groups -OCH3 is 1. The molecule has 1 atom stereocenters. The highest BCUT2D eigenvalue weighted by atomic mass is 32.2. The van der Waals surface area contributed by atoms with Gasteiger partial charge in [-0.15, -0.1) is 0 Å². The quantitative estimate of drug-likeness (QED) is 0.183. The molecule has 1 aliphatic rings. The molecule has 1 N–H and O–H groups in total. The van der Waals surface area contributed by atoms with Crippen LogP contribution in [0.2, 0.25) is 0 Å². The van der Waals surface area contributed by atoms with Crippen LogP contribution in [0.25, 0.3) is 0 Å². The number of nitrogens with one attached hydrogen (secondary N) is 1. The first kappa shape index (κ1) is 33.7. The molecule has 246 valence electrons. The van der Waals surface area contributed by atoms with Gasteiger partial charge < -0.3 is 15.0 Å². The highest BCUT2D eigenvalue weighted by Gasteiger charge is 2.35. The summed E-state index contributed by atoms with van der Waals surface area (Å²) in [6.07, 6.45) is 5.33. The third-order valence-corrected chi connectivity index (χ3v) is 10.5. The normalized spacial score (nSPS) is 14.2. The molecule has 1 saturated carbocycles. The fraction of sp³-hybridized carbons (Fsp3) is 0.316. The lowest BCUT2D eigenvalue weighted by molar-refractivity contribution is -0.140. The van der Waals surface area contributed by atoms with Crippen molar-refractivity contribution in [2.75, 3.05) is 18.0 Å². The number of anilines is 1. The molecule has 0 saturated heterocycles. The van der Waals surface area contributed by atoms with Gasteiger partial charge >= 0.3 is 0 Å². The number of ether oxygens (including phenoxy) is 1. The maximum absolute atomic E-state index is 14.6. The van der Waals surface area contributed by atoms with Gasteiger partial charge in [0.2, 0.25) is 11.8 Å². The average molecular weight is 654 g/mol. The molecule has 1 aliphatic carbocycles. The lowest BCUT2D eigenvalue weighted by Crippen LogP contribution is -2.55. The summed E-state index contributed by atoms with van der Waals surface area (Å²) < 4.78 is 34.9. The molecular weight excluding hydrogens is 611 g/mol. The van der Waals surface area contributed by atoms with Crippen molar-refractivity contribution in [1.82, 2.24) is 10.2 Å². The van der Waals surface area contributed by atoms with Gasteiger partial charge in [-0.1, -0.05) is 97.6 Å². The predicted molar refractivity (Wildman–Crippen MR) is 185 cm³/mol. The van der Waals surface area contributed by atoms with Crippen LogP contribution < -0.4 is 14.4 Å². The second-order valence-corrected chi connectivity index (χ2v) is 13.9. The zero-order valence-corrected chi connectivity index (χ0v) is 27.9. The van der Waals surface area contributed by atoms with Gasteiger partial charge in [-0.3, -0.25) is 13.9 Å². The smallest absolute Gasteiger partial charge is 0.264 e. The molecule has 0 spiro atoms. The average Bonchev–Trinajstić information content (AvgIpc) is 3.10. The Morgan fingerprint density at radius 3 is 2.00 bits per heavy atom. The molecular formula is C38H43N3O5S. The first-order valence-electron chi connectivity index (χ1n) is 16.2. The number of amides is 2. The van der Waals surface area contributed by atoms with E-state index in [0.717, 1.165) is 53.1 Å². The number of hydrogen-bond donors (Lipinski definition) is 1. The topological polar surface area (TPSA) is 96.0 Å². The summed E-state index contributed by atoms with van der Waals surface area (Å²) in [5.41, 5.74) is 2.96. The van der Waals surface area contributed by atoms with E-state index in [-0.39, 0.29) is 29.8 Å². The number of carbonyl (C=O) groups excluding carboxylic acids is 2. The first-order chi connectivity index (χ1) is 22.7. The van der Waals surface area contributed by atoms with Crippen LogP contribution in [-0.2, 0) is 32.6 Å². The SMILES string of the molecule is COc1ccc(N(CC(=O)N(Cc2ccccc2)[C@H](Cc2ccccc2)C(=O)NC2CCCCC2)S(=O)(=O)c2ccc(C)cc2)cc1. The van der Waals surface area contributed by atoms with Crippen molar-refractivity contribution >= 4 is 27.5 Å². The molecule has 5 rings (SSSR count). The van der Waals surface area contributed by atoms with Crippen LogP contribution in [0, 0.1) is 6.92 Å². The van der Waals surface area contributed by atoms with E-state index in [4.69, 9.17) is 4.74 Å². The molecule has 0 bridgehead atoms. The highest BCUT2D eigenvalue weighted by Crippen LogP contribution is 2.27. The van der Waals surface area contributed by atoms with Crippen LogP contribution in [0.1, 0.15) is 48.8 Å². The summed E-state index contributed by atoms with van der Waals surface area (Å²) in [7, 11) is -2.64. The first-order valence-corrected chi connectivity index (χ1v) is 17.6. The minimum atomic E-state index is -4.17. The van der Waals surface area contributed by atoms with Gasteiger partial charge in [-0.25, -0.2) is 8.42 Å². The molecule has 1 fully saturated rings. The van der Waals surface area contributed by atoms with E-state index in [9.17, 15) is 18.0 Å². The zero-order chi connectivity index (χ0) is 33.2. The van der Waals surface area contributed by atoms with Crippen molar-refractivity contribution in [2.45, 2.75) is 69.0 Å². The van der Waals surface area contributed by atoms with Crippen molar-refractivity contribution in [3.8, 4) is 5.75 Å². The van der Waals surface area contributed by atoms with Gasteiger partial charge in [0, 0.05) is 19.0 Å². The van der Waals surface area contributed by atoms with Crippen molar-refractivity contribution in [3.63, 3.8) is 0 Å². The van der Waals surface area contributed by atoms with Crippen LogP contribution >= 0.6 is 0 Å². The summed E-state index contributed by atoms with van der Waals surface area (Å²) in [6.45, 7) is 1.52. The van der Waals surface area contributed by atoms with Crippen LogP contribution in [0.4, 0.5) is 5.69 Å². The van der Waals surface area contributed by atoms with Gasteiger partial charge in [0.1, 0.15) is 18.3 Å². The van der Waals surface area contributed by atoms with Gasteiger partial charge in [-0.2, -0.15) is 0 Å². The number of nitrogens with zero attached hydrogens (tertiary/aromatic N) is 2. The molecule has 8 nitrogen and oxygen atoms in total. The third-order valence-electron chi connectivity index (χ3n) is 8.67. The van der Waals surface area contributed by atoms with Crippen molar-refractivity contribution in [1.29, 1.82) is 0 Å². The Kier molecular flexibility index (Phi) is 11.3. The molecule has 47 heavy (non-hydrogen) atoms. The van der Waals surface area contributed by atoms with Crippen LogP contribution in [-0.4, -0.2) is 50.9 Å². The van der Waals surface area contributed by atoms with Crippen molar-refractivity contribution < 1.29 is 22.7 Å². The van der Waals surface area contributed by atoms with Crippen LogP contribution in [0.15, 0.2) is 114 Å². The van der Waals surface area contributed by atoms with E-state index in [0.29, 0.717) is 11.4 Å². The maximum atomic E-state index is 14.6. The molecule has 4 aromatic carbocycles. The summed E-state index contributed by atoms with van der Waals surface area (Å²) in [5.74, 6) is -0.164. The van der Waals surface area contributed by atoms with Gasteiger partial charge in [0.05, 0.1) is 17.7 Å². The molecule has 0 unspecified atom stereocenters.